The summed E-state index contributed by atoms with van der Waals surface area (Å²) in [7, 11) is 2.98. The quantitative estimate of drug-likeness (QED) is 0.505. The van der Waals surface area contributed by atoms with Crippen LogP contribution in [0.5, 0.6) is 5.75 Å². The largest absolute Gasteiger partial charge is 0.494 e. The van der Waals surface area contributed by atoms with Crippen molar-refractivity contribution < 1.29 is 18.7 Å². The van der Waals surface area contributed by atoms with E-state index in [1.54, 1.807) is 31.3 Å². The Morgan fingerprint density at radius 2 is 1.94 bits per heavy atom. The van der Waals surface area contributed by atoms with E-state index in [2.05, 4.69) is 31.1 Å². The smallest absolute Gasteiger partial charge is 0.273 e. The summed E-state index contributed by atoms with van der Waals surface area (Å²) < 4.78 is 19.7. The predicted octanol–water partition coefficient (Wildman–Crippen LogP) is 3.45. The number of aryl methyl sites for hydroxylation is 1. The summed E-state index contributed by atoms with van der Waals surface area (Å²) in [5, 5.41) is 16.4. The van der Waals surface area contributed by atoms with Gasteiger partial charge in [-0.25, -0.2) is 4.39 Å². The summed E-state index contributed by atoms with van der Waals surface area (Å²) in [5.41, 5.74) is 2.31. The highest BCUT2D eigenvalue weighted by atomic mass is 19.1. The van der Waals surface area contributed by atoms with Gasteiger partial charge in [-0.1, -0.05) is 12.1 Å². The summed E-state index contributed by atoms with van der Waals surface area (Å²) in [5.74, 6) is -0.375. The van der Waals surface area contributed by atoms with Crippen molar-refractivity contribution in [2.75, 3.05) is 24.8 Å². The fourth-order valence-electron chi connectivity index (χ4n) is 3.29. The van der Waals surface area contributed by atoms with Gasteiger partial charge in [0.25, 0.3) is 5.91 Å². The number of para-hydroxylation sites is 1. The molecule has 0 unspecified atom stereocenters. The maximum absolute atomic E-state index is 14.1. The number of carbonyl (C=O) groups is 2. The number of amides is 2. The number of nitrogens with zero attached hydrogens (tertiary/aromatic N) is 3. The third-order valence-corrected chi connectivity index (χ3v) is 5.26. The van der Waals surface area contributed by atoms with E-state index in [0.29, 0.717) is 33.9 Å². The lowest BCUT2D eigenvalue weighted by Gasteiger charge is -2.17. The fraction of sp³-hybridized carbons (Fsp3) is 0.261. The molecule has 3 N–H and O–H groups in total. The summed E-state index contributed by atoms with van der Waals surface area (Å²) in [6.07, 6.45) is 3.26. The van der Waals surface area contributed by atoms with Crippen LogP contribution < -0.4 is 20.7 Å². The van der Waals surface area contributed by atoms with Crippen molar-refractivity contribution in [2.45, 2.75) is 19.8 Å². The van der Waals surface area contributed by atoms with Gasteiger partial charge < -0.3 is 20.7 Å². The first kappa shape index (κ1) is 22.1. The minimum Gasteiger partial charge on any atom is -0.494 e. The Labute approximate surface area is 189 Å². The number of benzene rings is 1. The van der Waals surface area contributed by atoms with Crippen LogP contribution in [0.25, 0.3) is 11.1 Å². The molecule has 0 spiro atoms. The third-order valence-electron chi connectivity index (χ3n) is 5.26. The van der Waals surface area contributed by atoms with E-state index in [-0.39, 0.29) is 23.3 Å². The molecule has 0 radical (unpaired) electrons. The molecule has 1 aliphatic carbocycles. The molecule has 4 rings (SSSR count). The van der Waals surface area contributed by atoms with E-state index < -0.39 is 11.7 Å². The normalized spacial score (nSPS) is 12.7. The first-order chi connectivity index (χ1) is 15.9. The minimum absolute atomic E-state index is 0.0119. The first-order valence-electron chi connectivity index (χ1n) is 10.4. The summed E-state index contributed by atoms with van der Waals surface area (Å²) in [6, 6.07) is 8.22. The van der Waals surface area contributed by atoms with Crippen LogP contribution in [0.3, 0.4) is 0 Å². The number of nitrogens with one attached hydrogen (secondary N) is 3. The topological polar surface area (TPSA) is 118 Å². The van der Waals surface area contributed by atoms with Gasteiger partial charge in [0.2, 0.25) is 5.91 Å². The summed E-state index contributed by atoms with van der Waals surface area (Å²) in [4.78, 5) is 28.6. The Balaban J connectivity index is 1.73. The number of ether oxygens (including phenoxy) is 1. The van der Waals surface area contributed by atoms with Gasteiger partial charge in [-0.15, -0.1) is 10.2 Å². The molecule has 170 valence electrons. The Kier molecular flexibility index (Phi) is 6.16. The van der Waals surface area contributed by atoms with Crippen LogP contribution in [0.4, 0.5) is 21.6 Å². The van der Waals surface area contributed by atoms with Crippen LogP contribution in [-0.2, 0) is 4.79 Å². The highest BCUT2D eigenvalue weighted by Gasteiger charge is 2.30. The van der Waals surface area contributed by atoms with E-state index in [1.165, 1.54) is 26.3 Å². The molecule has 33 heavy (non-hydrogen) atoms. The number of pyridine rings is 1. The molecule has 0 aliphatic heterocycles. The number of aromatic nitrogens is 3. The molecule has 10 heteroatoms. The average molecular weight is 450 g/mol. The lowest BCUT2D eigenvalue weighted by molar-refractivity contribution is -0.117. The zero-order valence-corrected chi connectivity index (χ0v) is 18.4. The fourth-order valence-corrected chi connectivity index (χ4v) is 3.29. The van der Waals surface area contributed by atoms with Crippen molar-refractivity contribution in [3.8, 4) is 16.9 Å². The Morgan fingerprint density at radius 3 is 2.61 bits per heavy atom. The molecule has 0 saturated heterocycles. The van der Waals surface area contributed by atoms with Crippen molar-refractivity contribution >= 4 is 29.0 Å². The molecule has 2 amide bonds. The molecule has 9 nitrogen and oxygen atoms in total. The van der Waals surface area contributed by atoms with Gasteiger partial charge in [-0.2, -0.15) is 0 Å². The van der Waals surface area contributed by atoms with Crippen LogP contribution in [-0.4, -0.2) is 41.2 Å². The summed E-state index contributed by atoms with van der Waals surface area (Å²) in [6.45, 7) is 1.59. The Morgan fingerprint density at radius 1 is 1.15 bits per heavy atom. The van der Waals surface area contributed by atoms with Gasteiger partial charge >= 0.3 is 0 Å². The second-order valence-corrected chi connectivity index (χ2v) is 7.64. The number of halogens is 1. The van der Waals surface area contributed by atoms with E-state index in [0.717, 1.165) is 12.8 Å². The number of anilines is 3. The number of carbonyl (C=O) groups excluding carboxylic acids is 2. The van der Waals surface area contributed by atoms with E-state index in [9.17, 15) is 14.0 Å². The SMILES string of the molecule is CNC(=O)c1nnc(NC(=O)C2CC2)cc1Nc1cccc(-c2cnc(C)c(F)c2)c1OC. The lowest BCUT2D eigenvalue weighted by atomic mass is 10.0. The maximum Gasteiger partial charge on any atom is 0.273 e. The standard InChI is InChI=1S/C23H23FN6O3/c1-12-16(24)9-14(11-26-12)15-5-4-6-17(21(15)33-3)27-18-10-19(28-22(31)13-7-8-13)29-30-20(18)23(32)25-2/h4-6,9-11,13H,7-8H2,1-3H3,(H,25,32)(H2,27,28,29,31). The number of rotatable bonds is 7. The van der Waals surface area contributed by atoms with Crippen LogP contribution in [0, 0.1) is 18.7 Å². The predicted molar refractivity (Wildman–Crippen MR) is 121 cm³/mol. The molecule has 1 aromatic carbocycles. The van der Waals surface area contributed by atoms with Gasteiger partial charge in [0, 0.05) is 36.4 Å². The zero-order chi connectivity index (χ0) is 23.5. The molecule has 0 bridgehead atoms. The minimum atomic E-state index is -0.454. The van der Waals surface area contributed by atoms with Crippen LogP contribution in [0.2, 0.25) is 0 Å². The highest BCUT2D eigenvalue weighted by Crippen LogP contribution is 2.38. The molecule has 1 saturated carbocycles. The molecule has 1 fully saturated rings. The van der Waals surface area contributed by atoms with Gasteiger partial charge in [0.15, 0.2) is 11.5 Å². The molecule has 3 aromatic rings. The number of hydrogen-bond acceptors (Lipinski definition) is 7. The molecular weight excluding hydrogens is 427 g/mol. The van der Waals surface area contributed by atoms with Crippen molar-refractivity contribution in [1.29, 1.82) is 0 Å². The van der Waals surface area contributed by atoms with Gasteiger partial charge in [-0.05, 0) is 31.9 Å². The number of methoxy groups -OCH3 is 1. The van der Waals surface area contributed by atoms with E-state index in [4.69, 9.17) is 4.74 Å². The van der Waals surface area contributed by atoms with Crippen LogP contribution in [0.15, 0.2) is 36.5 Å². The monoisotopic (exact) mass is 450 g/mol. The van der Waals surface area contributed by atoms with Crippen molar-refractivity contribution in [2.24, 2.45) is 5.92 Å². The van der Waals surface area contributed by atoms with Crippen LogP contribution >= 0.6 is 0 Å². The zero-order valence-electron chi connectivity index (χ0n) is 18.4. The Bertz CT molecular complexity index is 1230. The molecular formula is C23H23FN6O3. The average Bonchev–Trinajstić information content (AvgIpc) is 3.66. The maximum atomic E-state index is 14.1. The van der Waals surface area contributed by atoms with Crippen molar-refractivity contribution in [1.82, 2.24) is 20.5 Å². The van der Waals surface area contributed by atoms with Gasteiger partial charge in [0.05, 0.1) is 24.2 Å². The second kappa shape index (κ2) is 9.19. The van der Waals surface area contributed by atoms with Gasteiger partial charge in [-0.3, -0.25) is 14.6 Å². The van der Waals surface area contributed by atoms with E-state index >= 15 is 0 Å². The highest BCUT2D eigenvalue weighted by molar-refractivity contribution is 6.00. The first-order valence-corrected chi connectivity index (χ1v) is 10.4. The molecule has 0 atom stereocenters. The third kappa shape index (κ3) is 4.74. The summed E-state index contributed by atoms with van der Waals surface area (Å²) >= 11 is 0. The van der Waals surface area contributed by atoms with Crippen molar-refractivity contribution in [3.63, 3.8) is 0 Å². The molecule has 2 heterocycles. The second-order valence-electron chi connectivity index (χ2n) is 7.64. The Hall–Kier alpha value is -4.08. The van der Waals surface area contributed by atoms with Gasteiger partial charge in [0.1, 0.15) is 11.6 Å². The molecule has 2 aromatic heterocycles. The number of hydrogen-bond donors (Lipinski definition) is 3. The lowest BCUT2D eigenvalue weighted by Crippen LogP contribution is -2.22. The van der Waals surface area contributed by atoms with Crippen molar-refractivity contribution in [3.05, 3.63) is 53.7 Å². The van der Waals surface area contributed by atoms with Crippen LogP contribution in [0.1, 0.15) is 29.0 Å². The molecule has 1 aliphatic rings. The van der Waals surface area contributed by atoms with E-state index in [1.807, 2.05) is 0 Å².